The molecule has 0 bridgehead atoms. The largest absolute Gasteiger partial charge is 0.350 e. The minimum atomic E-state index is -0.771. The van der Waals surface area contributed by atoms with Crippen LogP contribution in [-0.4, -0.2) is 52.0 Å². The van der Waals surface area contributed by atoms with Gasteiger partial charge in [-0.05, 0) is 49.5 Å². The van der Waals surface area contributed by atoms with E-state index in [2.05, 4.69) is 44.8 Å². The van der Waals surface area contributed by atoms with E-state index in [0.29, 0.717) is 12.5 Å². The van der Waals surface area contributed by atoms with Gasteiger partial charge < -0.3 is 5.32 Å². The first-order valence-corrected chi connectivity index (χ1v) is 10.7. The van der Waals surface area contributed by atoms with Crippen molar-refractivity contribution in [3.8, 4) is 5.69 Å². The van der Waals surface area contributed by atoms with Gasteiger partial charge in [0.1, 0.15) is 11.5 Å². The number of benzene rings is 2. The van der Waals surface area contributed by atoms with Gasteiger partial charge in [0, 0.05) is 19.2 Å². The number of nitrogens with zero attached hydrogens (tertiary/aromatic N) is 4. The topological polar surface area (TPSA) is 63.1 Å². The second-order valence-corrected chi connectivity index (χ2v) is 7.91. The Kier molecular flexibility index (Phi) is 8.68. The lowest BCUT2D eigenvalue weighted by atomic mass is 9.96. The van der Waals surface area contributed by atoms with E-state index in [1.807, 2.05) is 18.2 Å². The van der Waals surface area contributed by atoms with Gasteiger partial charge in [-0.1, -0.05) is 47.7 Å². The lowest BCUT2D eigenvalue weighted by Crippen LogP contribution is -2.38. The van der Waals surface area contributed by atoms with Crippen LogP contribution in [0.5, 0.6) is 0 Å². The van der Waals surface area contributed by atoms with Gasteiger partial charge in [-0.25, -0.2) is 13.5 Å². The third-order valence-electron chi connectivity index (χ3n) is 5.61. The van der Waals surface area contributed by atoms with Gasteiger partial charge in [0.25, 0.3) is 5.91 Å². The molecule has 1 amide bonds. The summed E-state index contributed by atoms with van der Waals surface area (Å²) >= 11 is 0. The molecule has 1 fully saturated rings. The van der Waals surface area contributed by atoms with E-state index in [1.54, 1.807) is 0 Å². The number of hydrogen-bond acceptors (Lipinski definition) is 4. The fourth-order valence-electron chi connectivity index (χ4n) is 3.76. The van der Waals surface area contributed by atoms with E-state index in [1.165, 1.54) is 17.8 Å². The average molecular weight is 474 g/mol. The van der Waals surface area contributed by atoms with Crippen molar-refractivity contribution >= 4 is 24.4 Å². The van der Waals surface area contributed by atoms with Gasteiger partial charge in [0.15, 0.2) is 11.5 Å². The van der Waals surface area contributed by atoms with E-state index in [4.69, 9.17) is 0 Å². The predicted molar refractivity (Wildman–Crippen MR) is 125 cm³/mol. The fourth-order valence-corrected chi connectivity index (χ4v) is 3.76. The first-order chi connectivity index (χ1) is 15.6. The van der Waals surface area contributed by atoms with E-state index in [9.17, 15) is 13.6 Å². The molecule has 3 aromatic rings. The maximum Gasteiger partial charge on any atom is 0.273 e. The molecule has 0 spiro atoms. The van der Waals surface area contributed by atoms with Crippen molar-refractivity contribution < 1.29 is 13.6 Å². The lowest BCUT2D eigenvalue weighted by Gasteiger charge is -2.31. The summed E-state index contributed by atoms with van der Waals surface area (Å²) in [4.78, 5) is 14.8. The molecule has 9 heteroatoms. The van der Waals surface area contributed by atoms with Gasteiger partial charge in [-0.2, -0.15) is 0 Å². The van der Waals surface area contributed by atoms with Crippen molar-refractivity contribution in [1.29, 1.82) is 0 Å². The number of hydrogen-bond donors (Lipinski definition) is 1. The Bertz CT molecular complexity index is 1080. The van der Waals surface area contributed by atoms with Crippen molar-refractivity contribution in [2.24, 2.45) is 5.92 Å². The molecule has 1 aliphatic rings. The number of halogens is 3. The molecule has 0 unspecified atom stereocenters. The minimum Gasteiger partial charge on any atom is -0.350 e. The molecule has 0 saturated carbocycles. The van der Waals surface area contributed by atoms with Crippen LogP contribution >= 0.6 is 12.4 Å². The highest BCUT2D eigenvalue weighted by atomic mass is 35.5. The van der Waals surface area contributed by atoms with Gasteiger partial charge >= 0.3 is 0 Å². The third-order valence-corrected chi connectivity index (χ3v) is 5.61. The number of rotatable bonds is 7. The summed E-state index contributed by atoms with van der Waals surface area (Å²) in [5.41, 5.74) is 1.33. The Hall–Kier alpha value is -3.10. The van der Waals surface area contributed by atoms with Crippen LogP contribution in [0.25, 0.3) is 11.8 Å². The van der Waals surface area contributed by atoms with E-state index in [0.717, 1.165) is 49.3 Å². The van der Waals surface area contributed by atoms with E-state index >= 15 is 0 Å². The highest BCUT2D eigenvalue weighted by molar-refractivity contribution is 5.91. The monoisotopic (exact) mass is 473 g/mol. The zero-order chi connectivity index (χ0) is 22.3. The molecule has 2 aromatic carbocycles. The summed E-state index contributed by atoms with van der Waals surface area (Å²) < 4.78 is 28.1. The minimum absolute atomic E-state index is 0. The van der Waals surface area contributed by atoms with Crippen LogP contribution in [0.2, 0.25) is 0 Å². The van der Waals surface area contributed by atoms with Gasteiger partial charge in [-0.15, -0.1) is 17.5 Å². The maximum atomic E-state index is 13.9. The third kappa shape index (κ3) is 6.69. The number of amides is 1. The molecule has 0 radical (unpaired) electrons. The molecule has 2 heterocycles. The summed E-state index contributed by atoms with van der Waals surface area (Å²) in [5.74, 6) is -1.40. The maximum absolute atomic E-state index is 13.9. The number of carbonyl (C=O) groups excluding carboxylic acids is 1. The molecule has 174 valence electrons. The fraction of sp³-hybridized carbons (Fsp3) is 0.292. The summed E-state index contributed by atoms with van der Waals surface area (Å²) in [7, 11) is 0. The molecule has 1 saturated heterocycles. The molecule has 1 aliphatic heterocycles. The average Bonchev–Trinajstić information content (AvgIpc) is 3.29. The molecule has 0 aliphatic carbocycles. The first-order valence-electron chi connectivity index (χ1n) is 10.7. The van der Waals surface area contributed by atoms with Crippen LogP contribution < -0.4 is 5.32 Å². The molecule has 33 heavy (non-hydrogen) atoms. The summed E-state index contributed by atoms with van der Waals surface area (Å²) in [6, 6.07) is 13.4. The Labute approximate surface area is 197 Å². The smallest absolute Gasteiger partial charge is 0.273 e. The zero-order valence-electron chi connectivity index (χ0n) is 18.0. The van der Waals surface area contributed by atoms with Crippen LogP contribution in [0.3, 0.4) is 0 Å². The molecule has 1 aromatic heterocycles. The number of likely N-dealkylation sites (tertiary alicyclic amines) is 1. The summed E-state index contributed by atoms with van der Waals surface area (Å²) in [6.07, 6.45) is 7.68. The van der Waals surface area contributed by atoms with E-state index in [-0.39, 0.29) is 29.7 Å². The number of nitrogens with one attached hydrogen (secondary N) is 1. The Morgan fingerprint density at radius 3 is 2.61 bits per heavy atom. The van der Waals surface area contributed by atoms with Crippen molar-refractivity contribution in [3.63, 3.8) is 0 Å². The first kappa shape index (κ1) is 24.5. The SMILES string of the molecule is Cl.O=C(NCC1CCN(C/C=C/c2ccccc2)CC1)c1cn(-c2ccc(F)cc2F)nn1. The molecule has 4 rings (SSSR count). The Morgan fingerprint density at radius 2 is 1.88 bits per heavy atom. The van der Waals surface area contributed by atoms with Crippen molar-refractivity contribution in [1.82, 2.24) is 25.2 Å². The zero-order valence-corrected chi connectivity index (χ0v) is 18.8. The molecule has 6 nitrogen and oxygen atoms in total. The van der Waals surface area contributed by atoms with Crippen LogP contribution in [0.4, 0.5) is 8.78 Å². The normalized spacial score (nSPS) is 14.8. The summed E-state index contributed by atoms with van der Waals surface area (Å²) in [6.45, 7) is 3.45. The number of piperidine rings is 1. The second kappa shape index (κ2) is 11.7. The number of aromatic nitrogens is 3. The van der Waals surface area contributed by atoms with Crippen molar-refractivity contribution in [2.75, 3.05) is 26.2 Å². The predicted octanol–water partition coefficient (Wildman–Crippen LogP) is 4.12. The van der Waals surface area contributed by atoms with Gasteiger partial charge in [0.05, 0.1) is 6.20 Å². The highest BCUT2D eigenvalue weighted by Crippen LogP contribution is 2.17. The van der Waals surface area contributed by atoms with Gasteiger partial charge in [-0.3, -0.25) is 9.69 Å². The van der Waals surface area contributed by atoms with Crippen LogP contribution in [-0.2, 0) is 0 Å². The lowest BCUT2D eigenvalue weighted by molar-refractivity contribution is 0.0932. The van der Waals surface area contributed by atoms with Crippen LogP contribution in [0.15, 0.2) is 60.8 Å². The standard InChI is InChI=1S/C24H25F2N5O.ClH/c25-20-8-9-23(21(26)15-20)31-17-22(28-29-31)24(32)27-16-19-10-13-30(14-11-19)12-4-7-18-5-2-1-3-6-18;/h1-9,15,17,19H,10-14,16H2,(H,27,32);1H/b7-4+;. The van der Waals surface area contributed by atoms with Crippen LogP contribution in [0, 0.1) is 17.6 Å². The van der Waals surface area contributed by atoms with Crippen molar-refractivity contribution in [3.05, 3.63) is 83.7 Å². The Morgan fingerprint density at radius 1 is 1.12 bits per heavy atom. The van der Waals surface area contributed by atoms with Crippen LogP contribution in [0.1, 0.15) is 28.9 Å². The molecular formula is C24H26ClF2N5O. The molecule has 1 N–H and O–H groups in total. The molecular weight excluding hydrogens is 448 g/mol. The second-order valence-electron chi connectivity index (χ2n) is 7.91. The summed E-state index contributed by atoms with van der Waals surface area (Å²) in [5, 5.41) is 10.5. The van der Waals surface area contributed by atoms with Gasteiger partial charge in [0.2, 0.25) is 0 Å². The molecule has 0 atom stereocenters. The number of carbonyl (C=O) groups is 1. The highest BCUT2D eigenvalue weighted by Gasteiger charge is 2.20. The van der Waals surface area contributed by atoms with Crippen molar-refractivity contribution in [2.45, 2.75) is 12.8 Å². The Balaban J connectivity index is 0.00000306. The quantitative estimate of drug-likeness (QED) is 0.560. The van der Waals surface area contributed by atoms with E-state index < -0.39 is 11.6 Å².